The Balaban J connectivity index is 3.23. The van der Waals surface area contributed by atoms with E-state index in [0.717, 1.165) is 0 Å². The monoisotopic (exact) mass is 239 g/mol. The van der Waals surface area contributed by atoms with Gasteiger partial charge in [-0.15, -0.1) is 0 Å². The molecular formula is C12H17NO4. The van der Waals surface area contributed by atoms with Gasteiger partial charge in [-0.3, -0.25) is 9.69 Å². The third-order valence-corrected chi connectivity index (χ3v) is 2.49. The van der Waals surface area contributed by atoms with Crippen LogP contribution in [0.4, 0.5) is 0 Å². The van der Waals surface area contributed by atoms with Gasteiger partial charge < -0.3 is 14.6 Å². The number of nitrogens with zero attached hydrogens (tertiary/aromatic N) is 1. The van der Waals surface area contributed by atoms with E-state index in [4.69, 9.17) is 9.47 Å². The van der Waals surface area contributed by atoms with Gasteiger partial charge in [-0.1, -0.05) is 0 Å². The van der Waals surface area contributed by atoms with E-state index in [9.17, 15) is 9.90 Å². The summed E-state index contributed by atoms with van der Waals surface area (Å²) in [6.45, 7) is 0. The summed E-state index contributed by atoms with van der Waals surface area (Å²) in [4.78, 5) is 12.9. The highest BCUT2D eigenvalue weighted by Crippen LogP contribution is 2.31. The molecule has 0 amide bonds. The summed E-state index contributed by atoms with van der Waals surface area (Å²) >= 11 is 0. The summed E-state index contributed by atoms with van der Waals surface area (Å²) in [6, 6.07) is 4.36. The van der Waals surface area contributed by atoms with Gasteiger partial charge in [-0.05, 0) is 26.2 Å². The molecule has 1 unspecified atom stereocenters. The van der Waals surface area contributed by atoms with Crippen LogP contribution in [0.3, 0.4) is 0 Å². The highest BCUT2D eigenvalue weighted by molar-refractivity contribution is 5.76. The average molecular weight is 239 g/mol. The second kappa shape index (κ2) is 5.54. The highest BCUT2D eigenvalue weighted by Gasteiger charge is 2.25. The minimum atomic E-state index is -0.918. The number of carboxylic acid groups (broad SMARTS) is 1. The number of ether oxygens (including phenoxy) is 2. The Kier molecular flexibility index (Phi) is 4.34. The lowest BCUT2D eigenvalue weighted by atomic mass is 10.0. The second-order valence-electron chi connectivity index (χ2n) is 3.81. The van der Waals surface area contributed by atoms with Crippen LogP contribution in [0.1, 0.15) is 11.6 Å². The third kappa shape index (κ3) is 2.88. The number of carbonyl (C=O) groups is 1. The van der Waals surface area contributed by atoms with Gasteiger partial charge in [0.15, 0.2) is 0 Å². The van der Waals surface area contributed by atoms with Gasteiger partial charge in [0.25, 0.3) is 0 Å². The number of hydrogen-bond donors (Lipinski definition) is 1. The molecule has 0 fully saturated rings. The van der Waals surface area contributed by atoms with Crippen LogP contribution in [-0.2, 0) is 4.79 Å². The van der Waals surface area contributed by atoms with Crippen LogP contribution in [0.25, 0.3) is 0 Å². The molecule has 0 radical (unpaired) electrons. The molecule has 0 aliphatic heterocycles. The predicted molar refractivity (Wildman–Crippen MR) is 63.6 cm³/mol. The third-order valence-electron chi connectivity index (χ3n) is 2.49. The Hall–Kier alpha value is -1.75. The van der Waals surface area contributed by atoms with E-state index >= 15 is 0 Å². The molecule has 0 bridgehead atoms. The molecule has 1 N–H and O–H groups in total. The summed E-state index contributed by atoms with van der Waals surface area (Å²) < 4.78 is 10.3. The number of rotatable bonds is 5. The molecule has 94 valence electrons. The largest absolute Gasteiger partial charge is 0.497 e. The first-order valence-electron chi connectivity index (χ1n) is 5.12. The number of methoxy groups -OCH3 is 2. The van der Waals surface area contributed by atoms with E-state index in [-0.39, 0.29) is 0 Å². The van der Waals surface area contributed by atoms with Gasteiger partial charge in [0.05, 0.1) is 14.2 Å². The van der Waals surface area contributed by atoms with Gasteiger partial charge in [-0.2, -0.15) is 0 Å². The van der Waals surface area contributed by atoms with Crippen molar-refractivity contribution in [1.82, 2.24) is 4.90 Å². The lowest BCUT2D eigenvalue weighted by Crippen LogP contribution is -2.27. The molecule has 0 spiro atoms. The molecule has 5 nitrogen and oxygen atoms in total. The normalized spacial score (nSPS) is 12.3. The second-order valence-corrected chi connectivity index (χ2v) is 3.81. The van der Waals surface area contributed by atoms with Gasteiger partial charge in [0.2, 0.25) is 0 Å². The molecule has 1 aromatic rings. The summed E-state index contributed by atoms with van der Waals surface area (Å²) in [6.07, 6.45) is 0. The molecule has 0 saturated carbocycles. The Morgan fingerprint density at radius 3 is 2.35 bits per heavy atom. The fourth-order valence-electron chi connectivity index (χ4n) is 1.68. The van der Waals surface area contributed by atoms with Crippen molar-refractivity contribution in [2.75, 3.05) is 28.3 Å². The first-order chi connectivity index (χ1) is 8.01. The molecule has 0 aliphatic rings. The van der Waals surface area contributed by atoms with E-state index in [0.29, 0.717) is 17.1 Å². The van der Waals surface area contributed by atoms with Crippen LogP contribution in [-0.4, -0.2) is 44.3 Å². The molecule has 17 heavy (non-hydrogen) atoms. The van der Waals surface area contributed by atoms with Crippen molar-refractivity contribution in [3.63, 3.8) is 0 Å². The fraction of sp³-hybridized carbons (Fsp3) is 0.417. The van der Waals surface area contributed by atoms with E-state index in [1.807, 2.05) is 0 Å². The summed E-state index contributed by atoms with van der Waals surface area (Å²) in [5, 5.41) is 9.22. The van der Waals surface area contributed by atoms with E-state index < -0.39 is 12.0 Å². The summed E-state index contributed by atoms with van der Waals surface area (Å²) in [7, 11) is 6.48. The van der Waals surface area contributed by atoms with Crippen molar-refractivity contribution < 1.29 is 19.4 Å². The molecule has 0 saturated heterocycles. The lowest BCUT2D eigenvalue weighted by Gasteiger charge is -2.22. The maximum atomic E-state index is 11.2. The van der Waals surface area contributed by atoms with Crippen LogP contribution < -0.4 is 9.47 Å². The van der Waals surface area contributed by atoms with Gasteiger partial charge in [0.1, 0.15) is 17.5 Å². The Morgan fingerprint density at radius 2 is 1.94 bits per heavy atom. The molecule has 1 aromatic carbocycles. The summed E-state index contributed by atoms with van der Waals surface area (Å²) in [5.74, 6) is 0.220. The number of hydrogen-bond acceptors (Lipinski definition) is 4. The minimum Gasteiger partial charge on any atom is -0.497 e. The minimum absolute atomic E-state index is 0.505. The number of carboxylic acids is 1. The van der Waals surface area contributed by atoms with Crippen LogP contribution in [0, 0.1) is 0 Å². The van der Waals surface area contributed by atoms with E-state index in [2.05, 4.69) is 0 Å². The zero-order chi connectivity index (χ0) is 13.0. The molecule has 1 atom stereocenters. The first kappa shape index (κ1) is 13.3. The fourth-order valence-corrected chi connectivity index (χ4v) is 1.68. The number of likely N-dealkylation sites (N-methyl/N-ethyl adjacent to an activating group) is 1. The Bertz CT molecular complexity index is 403. The van der Waals surface area contributed by atoms with Crippen molar-refractivity contribution in [2.24, 2.45) is 0 Å². The van der Waals surface area contributed by atoms with Crippen LogP contribution in [0.2, 0.25) is 0 Å². The zero-order valence-electron chi connectivity index (χ0n) is 10.4. The molecule has 1 rings (SSSR count). The predicted octanol–water partition coefficient (Wildman–Crippen LogP) is 1.39. The number of aliphatic carboxylic acids is 1. The quantitative estimate of drug-likeness (QED) is 0.841. The van der Waals surface area contributed by atoms with Gasteiger partial charge >= 0.3 is 5.97 Å². The van der Waals surface area contributed by atoms with Crippen molar-refractivity contribution in [2.45, 2.75) is 6.04 Å². The topological polar surface area (TPSA) is 59.0 Å². The maximum absolute atomic E-state index is 11.2. The van der Waals surface area contributed by atoms with Crippen LogP contribution in [0.15, 0.2) is 18.2 Å². The number of benzene rings is 1. The van der Waals surface area contributed by atoms with E-state index in [1.54, 1.807) is 44.3 Å². The standard InChI is InChI=1S/C12H17NO4/c1-13(2)11(12(14)15)9-6-5-8(16-3)7-10(9)17-4/h5-7,11H,1-4H3,(H,14,15). The van der Waals surface area contributed by atoms with Crippen LogP contribution >= 0.6 is 0 Å². The molecule has 5 heteroatoms. The van der Waals surface area contributed by atoms with Crippen molar-refractivity contribution >= 4 is 5.97 Å². The SMILES string of the molecule is COc1ccc(C(C(=O)O)N(C)C)c(OC)c1. The Morgan fingerprint density at radius 1 is 1.29 bits per heavy atom. The van der Waals surface area contributed by atoms with Crippen molar-refractivity contribution in [1.29, 1.82) is 0 Å². The lowest BCUT2D eigenvalue weighted by molar-refractivity contribution is -0.142. The zero-order valence-corrected chi connectivity index (χ0v) is 10.4. The van der Waals surface area contributed by atoms with Gasteiger partial charge in [-0.25, -0.2) is 0 Å². The van der Waals surface area contributed by atoms with Gasteiger partial charge in [0, 0.05) is 11.6 Å². The van der Waals surface area contributed by atoms with Crippen molar-refractivity contribution in [3.05, 3.63) is 23.8 Å². The van der Waals surface area contributed by atoms with Crippen LogP contribution in [0.5, 0.6) is 11.5 Å². The average Bonchev–Trinajstić information content (AvgIpc) is 2.28. The van der Waals surface area contributed by atoms with E-state index in [1.165, 1.54) is 7.11 Å². The first-order valence-corrected chi connectivity index (χ1v) is 5.12. The maximum Gasteiger partial charge on any atom is 0.325 e. The molecule has 0 aliphatic carbocycles. The Labute approximate surface area is 101 Å². The molecule has 0 aromatic heterocycles. The summed E-state index contributed by atoms with van der Waals surface area (Å²) in [5.41, 5.74) is 0.603. The smallest absolute Gasteiger partial charge is 0.325 e. The molecular weight excluding hydrogens is 222 g/mol. The highest BCUT2D eigenvalue weighted by atomic mass is 16.5. The van der Waals surface area contributed by atoms with Crippen molar-refractivity contribution in [3.8, 4) is 11.5 Å². The molecule has 0 heterocycles.